The van der Waals surface area contributed by atoms with E-state index in [4.69, 9.17) is 11.6 Å². The fourth-order valence-electron chi connectivity index (χ4n) is 1.57. The van der Waals surface area contributed by atoms with Crippen molar-refractivity contribution >= 4 is 39.1 Å². The third kappa shape index (κ3) is 3.33. The highest BCUT2D eigenvalue weighted by Gasteiger charge is 2.10. The minimum atomic E-state index is -0.470. The van der Waals surface area contributed by atoms with Crippen LogP contribution in [0.4, 0.5) is 10.1 Å². The topological polar surface area (TPSA) is 29.1 Å². The first-order valence-corrected chi connectivity index (χ1v) is 6.67. The van der Waals surface area contributed by atoms with Crippen LogP contribution in [0.5, 0.6) is 0 Å². The summed E-state index contributed by atoms with van der Waals surface area (Å²) in [6, 6.07) is 9.34. The average molecular weight is 343 g/mol. The minimum absolute atomic E-state index is 0.157. The smallest absolute Gasteiger partial charge is 0.255 e. The lowest BCUT2D eigenvalue weighted by atomic mass is 10.2. The molecule has 0 aliphatic heterocycles. The van der Waals surface area contributed by atoms with Gasteiger partial charge in [0.25, 0.3) is 5.91 Å². The quantitative estimate of drug-likeness (QED) is 0.834. The zero-order valence-corrected chi connectivity index (χ0v) is 12.3. The monoisotopic (exact) mass is 341 g/mol. The number of nitrogens with one attached hydrogen (secondary N) is 1. The van der Waals surface area contributed by atoms with Crippen molar-refractivity contribution in [2.24, 2.45) is 0 Å². The van der Waals surface area contributed by atoms with Crippen LogP contribution in [0, 0.1) is 12.7 Å². The maximum atomic E-state index is 13.5. The lowest BCUT2D eigenvalue weighted by Gasteiger charge is -2.08. The zero-order valence-electron chi connectivity index (χ0n) is 10.0. The number of aryl methyl sites for hydroxylation is 1. The Morgan fingerprint density at radius 2 is 2.00 bits per heavy atom. The highest BCUT2D eigenvalue weighted by Crippen LogP contribution is 2.24. The first-order chi connectivity index (χ1) is 8.97. The highest BCUT2D eigenvalue weighted by molar-refractivity contribution is 9.10. The van der Waals surface area contributed by atoms with Gasteiger partial charge in [-0.3, -0.25) is 4.79 Å². The summed E-state index contributed by atoms with van der Waals surface area (Å²) in [5, 5.41) is 2.95. The van der Waals surface area contributed by atoms with Crippen molar-refractivity contribution in [3.63, 3.8) is 0 Å². The van der Waals surface area contributed by atoms with Gasteiger partial charge < -0.3 is 5.32 Å². The van der Waals surface area contributed by atoms with Gasteiger partial charge in [-0.1, -0.05) is 17.7 Å². The van der Waals surface area contributed by atoms with Crippen LogP contribution in [0.25, 0.3) is 0 Å². The van der Waals surface area contributed by atoms with E-state index in [-0.39, 0.29) is 5.69 Å². The third-order valence-corrected chi connectivity index (χ3v) is 3.78. The van der Waals surface area contributed by atoms with E-state index in [0.29, 0.717) is 15.1 Å². The van der Waals surface area contributed by atoms with Gasteiger partial charge in [0.15, 0.2) is 0 Å². The number of halogens is 3. The van der Waals surface area contributed by atoms with Crippen molar-refractivity contribution < 1.29 is 9.18 Å². The highest BCUT2D eigenvalue weighted by atomic mass is 79.9. The van der Waals surface area contributed by atoms with Crippen LogP contribution < -0.4 is 5.32 Å². The molecule has 1 amide bonds. The third-order valence-electron chi connectivity index (χ3n) is 2.55. The molecule has 19 heavy (non-hydrogen) atoms. The van der Waals surface area contributed by atoms with Crippen molar-refractivity contribution in [3.05, 3.63) is 62.8 Å². The summed E-state index contributed by atoms with van der Waals surface area (Å²) in [5.74, 6) is -0.874. The SMILES string of the molecule is Cc1ccc(F)c(NC(=O)c2ccc(Br)c(Cl)c2)c1. The van der Waals surface area contributed by atoms with Gasteiger partial charge in [0.1, 0.15) is 5.82 Å². The summed E-state index contributed by atoms with van der Waals surface area (Å²) in [4.78, 5) is 12.0. The summed E-state index contributed by atoms with van der Waals surface area (Å²) in [6.45, 7) is 1.82. The van der Waals surface area contributed by atoms with Crippen molar-refractivity contribution in [2.75, 3.05) is 5.32 Å². The van der Waals surface area contributed by atoms with Crippen molar-refractivity contribution in [2.45, 2.75) is 6.92 Å². The van der Waals surface area contributed by atoms with Crippen LogP contribution >= 0.6 is 27.5 Å². The van der Waals surface area contributed by atoms with Crippen LogP contribution in [0.3, 0.4) is 0 Å². The lowest BCUT2D eigenvalue weighted by molar-refractivity contribution is 0.102. The molecule has 0 aromatic heterocycles. The molecule has 0 unspecified atom stereocenters. The normalized spacial score (nSPS) is 10.3. The first-order valence-electron chi connectivity index (χ1n) is 5.50. The van der Waals surface area contributed by atoms with Gasteiger partial charge in [-0.15, -0.1) is 0 Å². The number of hydrogen-bond acceptors (Lipinski definition) is 1. The number of carbonyl (C=O) groups excluding carboxylic acids is 1. The molecule has 0 bridgehead atoms. The number of anilines is 1. The van der Waals surface area contributed by atoms with E-state index in [1.807, 2.05) is 6.92 Å². The average Bonchev–Trinajstić information content (AvgIpc) is 2.37. The van der Waals surface area contributed by atoms with E-state index in [1.165, 1.54) is 12.1 Å². The van der Waals surface area contributed by atoms with Crippen LogP contribution in [-0.2, 0) is 0 Å². The van der Waals surface area contributed by atoms with E-state index in [2.05, 4.69) is 21.2 Å². The molecule has 5 heteroatoms. The Morgan fingerprint density at radius 3 is 2.68 bits per heavy atom. The first kappa shape index (κ1) is 14.0. The molecule has 0 fully saturated rings. The maximum absolute atomic E-state index is 13.5. The van der Waals surface area contributed by atoms with Gasteiger partial charge in [0.05, 0.1) is 10.7 Å². The van der Waals surface area contributed by atoms with Crippen molar-refractivity contribution in [3.8, 4) is 0 Å². The van der Waals surface area contributed by atoms with Crippen molar-refractivity contribution in [1.82, 2.24) is 0 Å². The van der Waals surface area contributed by atoms with Gasteiger partial charge in [-0.05, 0) is 58.7 Å². The molecule has 0 aliphatic rings. The van der Waals surface area contributed by atoms with E-state index < -0.39 is 11.7 Å². The summed E-state index contributed by atoms with van der Waals surface area (Å²) in [6.07, 6.45) is 0. The van der Waals surface area contributed by atoms with Crippen LogP contribution in [-0.4, -0.2) is 5.91 Å². The Hall–Kier alpha value is -1.39. The van der Waals surface area contributed by atoms with E-state index in [9.17, 15) is 9.18 Å². The van der Waals surface area contributed by atoms with E-state index in [0.717, 1.165) is 5.56 Å². The van der Waals surface area contributed by atoms with E-state index in [1.54, 1.807) is 24.3 Å². The lowest BCUT2D eigenvalue weighted by Crippen LogP contribution is -2.13. The van der Waals surface area contributed by atoms with Gasteiger partial charge in [0.2, 0.25) is 0 Å². The Kier molecular flexibility index (Phi) is 4.22. The second-order valence-corrected chi connectivity index (χ2v) is 5.33. The molecule has 2 aromatic carbocycles. The largest absolute Gasteiger partial charge is 0.319 e. The molecule has 0 saturated heterocycles. The molecule has 98 valence electrons. The number of rotatable bonds is 2. The zero-order chi connectivity index (χ0) is 14.0. The van der Waals surface area contributed by atoms with Gasteiger partial charge in [-0.25, -0.2) is 4.39 Å². The molecule has 1 N–H and O–H groups in total. The van der Waals surface area contributed by atoms with E-state index >= 15 is 0 Å². The second kappa shape index (κ2) is 5.72. The fourth-order valence-corrected chi connectivity index (χ4v) is 1.99. The molecular formula is C14H10BrClFNO. The molecule has 2 rings (SSSR count). The second-order valence-electron chi connectivity index (χ2n) is 4.07. The Labute approximate surface area is 123 Å². The summed E-state index contributed by atoms with van der Waals surface area (Å²) < 4.78 is 14.2. The van der Waals surface area contributed by atoms with Crippen LogP contribution in [0.15, 0.2) is 40.9 Å². The molecule has 0 spiro atoms. The molecular weight excluding hydrogens is 333 g/mol. The minimum Gasteiger partial charge on any atom is -0.319 e. The van der Waals surface area contributed by atoms with Gasteiger partial charge in [0, 0.05) is 10.0 Å². The fraction of sp³-hybridized carbons (Fsp3) is 0.0714. The predicted molar refractivity (Wildman–Crippen MR) is 78.2 cm³/mol. The summed E-state index contributed by atoms with van der Waals surface area (Å²) in [7, 11) is 0. The standard InChI is InChI=1S/C14H10BrClFNO/c1-8-2-5-12(17)13(6-8)18-14(19)9-3-4-10(15)11(16)7-9/h2-7H,1H3,(H,18,19). The number of hydrogen-bond donors (Lipinski definition) is 1. The Balaban J connectivity index is 2.25. The number of benzene rings is 2. The molecule has 0 atom stereocenters. The van der Waals surface area contributed by atoms with Crippen LogP contribution in [0.2, 0.25) is 5.02 Å². The molecule has 0 aliphatic carbocycles. The molecule has 2 aromatic rings. The van der Waals surface area contributed by atoms with Crippen LogP contribution in [0.1, 0.15) is 15.9 Å². The Bertz CT molecular complexity index is 645. The van der Waals surface area contributed by atoms with Crippen molar-refractivity contribution in [1.29, 1.82) is 0 Å². The van der Waals surface area contributed by atoms with Gasteiger partial charge >= 0.3 is 0 Å². The Morgan fingerprint density at radius 1 is 1.26 bits per heavy atom. The molecule has 2 nitrogen and oxygen atoms in total. The summed E-state index contributed by atoms with van der Waals surface area (Å²) in [5.41, 5.74) is 1.39. The molecule has 0 radical (unpaired) electrons. The number of amides is 1. The summed E-state index contributed by atoms with van der Waals surface area (Å²) >= 11 is 9.16. The predicted octanol–water partition coefficient (Wildman–Crippen LogP) is 4.80. The number of carbonyl (C=O) groups is 1. The maximum Gasteiger partial charge on any atom is 0.255 e. The van der Waals surface area contributed by atoms with Gasteiger partial charge in [-0.2, -0.15) is 0 Å². The molecule has 0 saturated carbocycles. The molecule has 0 heterocycles.